The molecule has 1 aliphatic rings. The summed E-state index contributed by atoms with van der Waals surface area (Å²) in [5.74, 6) is 0.711. The highest BCUT2D eigenvalue weighted by Gasteiger charge is 2.46. The van der Waals surface area contributed by atoms with Gasteiger partial charge in [-0.1, -0.05) is 0 Å². The zero-order valence-electron chi connectivity index (χ0n) is 11.0. The van der Waals surface area contributed by atoms with Gasteiger partial charge in [0, 0.05) is 13.5 Å². The zero-order valence-corrected chi connectivity index (χ0v) is 11.0. The third kappa shape index (κ3) is 2.67. The number of hydrazone groups is 1. The Hall–Kier alpha value is -1.72. The second kappa shape index (κ2) is 4.75. The van der Waals surface area contributed by atoms with E-state index in [2.05, 4.69) is 5.10 Å². The van der Waals surface area contributed by atoms with Crippen LogP contribution in [0, 0.1) is 6.92 Å². The van der Waals surface area contributed by atoms with Gasteiger partial charge in [-0.05, 0) is 36.2 Å². The number of rotatable bonds is 2. The summed E-state index contributed by atoms with van der Waals surface area (Å²) >= 11 is 0. The third-order valence-corrected chi connectivity index (χ3v) is 3.22. The van der Waals surface area contributed by atoms with E-state index < -0.39 is 12.2 Å². The van der Waals surface area contributed by atoms with Crippen LogP contribution in [-0.4, -0.2) is 37.1 Å². The van der Waals surface area contributed by atoms with Crippen molar-refractivity contribution in [1.29, 1.82) is 0 Å². The number of ether oxygens (including phenoxy) is 1. The van der Waals surface area contributed by atoms with Gasteiger partial charge in [0.2, 0.25) is 0 Å². The number of nitrogens with zero attached hydrogens (tertiary/aromatic N) is 2. The summed E-state index contributed by atoms with van der Waals surface area (Å²) in [6, 6.07) is 3.74. The van der Waals surface area contributed by atoms with E-state index >= 15 is 0 Å². The van der Waals surface area contributed by atoms with Gasteiger partial charge in [0.25, 0.3) is 0 Å². The number of halogens is 3. The number of aryl methyl sites for hydroxylation is 1. The Morgan fingerprint density at radius 1 is 1.37 bits per heavy atom. The van der Waals surface area contributed by atoms with Crippen molar-refractivity contribution >= 4 is 5.71 Å². The summed E-state index contributed by atoms with van der Waals surface area (Å²) in [4.78, 5) is 0. The fourth-order valence-corrected chi connectivity index (χ4v) is 2.18. The molecular weight excluding hydrogens is 257 g/mol. The van der Waals surface area contributed by atoms with Crippen LogP contribution in [0.5, 0.6) is 5.75 Å². The van der Waals surface area contributed by atoms with Gasteiger partial charge in [0.1, 0.15) is 11.8 Å². The Labute approximate surface area is 109 Å². The highest BCUT2D eigenvalue weighted by atomic mass is 19.4. The Kier molecular flexibility index (Phi) is 3.43. The smallest absolute Gasteiger partial charge is 0.410 e. The molecule has 2 rings (SSSR count). The summed E-state index contributed by atoms with van der Waals surface area (Å²) in [6.07, 6.45) is -4.38. The van der Waals surface area contributed by atoms with E-state index in [1.165, 1.54) is 7.05 Å². The SMILES string of the molecule is COc1ccc(C2=NN(C)C(C(F)(F)F)C2)cc1C. The highest BCUT2D eigenvalue weighted by Crippen LogP contribution is 2.32. The Morgan fingerprint density at radius 3 is 2.53 bits per heavy atom. The van der Waals surface area contributed by atoms with Crippen LogP contribution >= 0.6 is 0 Å². The number of alkyl halides is 3. The van der Waals surface area contributed by atoms with Crippen molar-refractivity contribution in [1.82, 2.24) is 5.01 Å². The molecule has 1 atom stereocenters. The van der Waals surface area contributed by atoms with Crippen LogP contribution in [0.2, 0.25) is 0 Å². The maximum Gasteiger partial charge on any atom is 0.410 e. The molecule has 0 spiro atoms. The highest BCUT2D eigenvalue weighted by molar-refractivity contribution is 6.02. The van der Waals surface area contributed by atoms with Crippen LogP contribution in [0.25, 0.3) is 0 Å². The number of hydrogen-bond donors (Lipinski definition) is 0. The molecule has 1 aromatic carbocycles. The minimum atomic E-state index is -4.26. The standard InChI is InChI=1S/C13H15F3N2O/c1-8-6-9(4-5-11(8)19-3)10-7-12(13(14,15)16)18(2)17-10/h4-6,12H,7H2,1-3H3. The first kappa shape index (κ1) is 13.7. The molecule has 0 saturated carbocycles. The molecule has 0 amide bonds. The summed E-state index contributed by atoms with van der Waals surface area (Å²) in [6.45, 7) is 1.85. The van der Waals surface area contributed by atoms with E-state index in [9.17, 15) is 13.2 Å². The summed E-state index contributed by atoms with van der Waals surface area (Å²) in [7, 11) is 2.91. The second-order valence-electron chi connectivity index (χ2n) is 4.57. The van der Waals surface area contributed by atoms with Crippen molar-refractivity contribution in [3.05, 3.63) is 29.3 Å². The van der Waals surface area contributed by atoms with E-state index in [1.54, 1.807) is 25.3 Å². The lowest BCUT2D eigenvalue weighted by Gasteiger charge is -2.21. The molecule has 1 aliphatic heterocycles. The first-order chi connectivity index (χ1) is 8.82. The average Bonchev–Trinajstić information content (AvgIpc) is 2.71. The van der Waals surface area contributed by atoms with Crippen LogP contribution in [0.1, 0.15) is 17.5 Å². The summed E-state index contributed by atoms with van der Waals surface area (Å²) < 4.78 is 43.4. The molecule has 1 unspecified atom stereocenters. The van der Waals surface area contributed by atoms with Gasteiger partial charge in [-0.3, -0.25) is 5.01 Å². The Morgan fingerprint density at radius 2 is 2.05 bits per heavy atom. The fourth-order valence-electron chi connectivity index (χ4n) is 2.18. The molecule has 104 valence electrons. The van der Waals surface area contributed by atoms with E-state index in [0.717, 1.165) is 10.6 Å². The van der Waals surface area contributed by atoms with Crippen molar-refractivity contribution in [3.8, 4) is 5.75 Å². The van der Waals surface area contributed by atoms with E-state index in [1.807, 2.05) is 6.92 Å². The molecule has 3 nitrogen and oxygen atoms in total. The minimum Gasteiger partial charge on any atom is -0.496 e. The molecule has 0 aromatic heterocycles. The second-order valence-corrected chi connectivity index (χ2v) is 4.57. The molecule has 6 heteroatoms. The predicted molar refractivity (Wildman–Crippen MR) is 66.5 cm³/mol. The summed E-state index contributed by atoms with van der Waals surface area (Å²) in [5.41, 5.74) is 2.04. The molecule has 0 aliphatic carbocycles. The molecule has 1 aromatic rings. The van der Waals surface area contributed by atoms with Crippen LogP contribution in [0.15, 0.2) is 23.3 Å². The molecule has 0 saturated heterocycles. The van der Waals surface area contributed by atoms with Crippen molar-refractivity contribution < 1.29 is 17.9 Å². The van der Waals surface area contributed by atoms with Crippen LogP contribution in [-0.2, 0) is 0 Å². The monoisotopic (exact) mass is 272 g/mol. The van der Waals surface area contributed by atoms with Gasteiger partial charge in [-0.25, -0.2) is 0 Å². The summed E-state index contributed by atoms with van der Waals surface area (Å²) in [5, 5.41) is 4.97. The minimum absolute atomic E-state index is 0.119. The van der Waals surface area contributed by atoms with Crippen molar-refractivity contribution in [2.75, 3.05) is 14.2 Å². The number of methoxy groups -OCH3 is 1. The fraction of sp³-hybridized carbons (Fsp3) is 0.462. The first-order valence-electron chi connectivity index (χ1n) is 5.85. The van der Waals surface area contributed by atoms with E-state index in [4.69, 9.17) is 4.74 Å². The molecule has 19 heavy (non-hydrogen) atoms. The van der Waals surface area contributed by atoms with Crippen molar-refractivity contribution in [3.63, 3.8) is 0 Å². The molecule has 0 fully saturated rings. The van der Waals surface area contributed by atoms with Crippen LogP contribution in [0.4, 0.5) is 13.2 Å². The maximum absolute atomic E-state index is 12.8. The third-order valence-electron chi connectivity index (χ3n) is 3.22. The van der Waals surface area contributed by atoms with E-state index in [-0.39, 0.29) is 6.42 Å². The Balaban J connectivity index is 2.25. The lowest BCUT2D eigenvalue weighted by molar-refractivity contribution is -0.174. The van der Waals surface area contributed by atoms with E-state index in [0.29, 0.717) is 17.0 Å². The number of benzene rings is 1. The molecule has 0 radical (unpaired) electrons. The van der Waals surface area contributed by atoms with Gasteiger partial charge in [0.05, 0.1) is 12.8 Å². The lowest BCUT2D eigenvalue weighted by atomic mass is 10.0. The molecular formula is C13H15F3N2O. The van der Waals surface area contributed by atoms with Crippen LogP contribution < -0.4 is 4.74 Å². The molecule has 1 heterocycles. The maximum atomic E-state index is 12.8. The Bertz CT molecular complexity index is 511. The number of hydrogen-bond acceptors (Lipinski definition) is 3. The lowest BCUT2D eigenvalue weighted by Crippen LogP contribution is -2.37. The zero-order chi connectivity index (χ0) is 14.2. The van der Waals surface area contributed by atoms with Gasteiger partial charge >= 0.3 is 6.18 Å². The van der Waals surface area contributed by atoms with Crippen molar-refractivity contribution in [2.45, 2.75) is 25.6 Å². The van der Waals surface area contributed by atoms with Crippen molar-refractivity contribution in [2.24, 2.45) is 5.10 Å². The normalized spacial score (nSPS) is 19.6. The van der Waals surface area contributed by atoms with Gasteiger partial charge < -0.3 is 4.74 Å². The largest absolute Gasteiger partial charge is 0.496 e. The average molecular weight is 272 g/mol. The predicted octanol–water partition coefficient (Wildman–Crippen LogP) is 2.97. The quantitative estimate of drug-likeness (QED) is 0.826. The van der Waals surface area contributed by atoms with Gasteiger partial charge in [-0.15, -0.1) is 0 Å². The topological polar surface area (TPSA) is 24.8 Å². The first-order valence-corrected chi connectivity index (χ1v) is 5.85. The molecule has 0 bridgehead atoms. The van der Waals surface area contributed by atoms with Gasteiger partial charge in [-0.2, -0.15) is 18.3 Å². The van der Waals surface area contributed by atoms with Gasteiger partial charge in [0.15, 0.2) is 0 Å². The molecule has 0 N–H and O–H groups in total. The van der Waals surface area contributed by atoms with Crippen LogP contribution in [0.3, 0.4) is 0 Å².